The van der Waals surface area contributed by atoms with Crippen molar-refractivity contribution >= 4 is 10.0 Å². The van der Waals surface area contributed by atoms with Gasteiger partial charge in [0.15, 0.2) is 0 Å². The van der Waals surface area contributed by atoms with Crippen LogP contribution in [0, 0.1) is 0 Å². The molecule has 1 aromatic heterocycles. The zero-order valence-corrected chi connectivity index (χ0v) is 9.24. The molecule has 0 aromatic carbocycles. The molecule has 0 amide bonds. The molecule has 1 aromatic rings. The molecule has 0 aliphatic heterocycles. The van der Waals surface area contributed by atoms with Crippen LogP contribution in [-0.4, -0.2) is 47.2 Å². The molecule has 0 atom stereocenters. The lowest BCUT2D eigenvalue weighted by molar-refractivity contribution is 0.319. The van der Waals surface area contributed by atoms with Crippen LogP contribution in [0.5, 0.6) is 0 Å². The molecule has 0 spiro atoms. The van der Waals surface area contributed by atoms with Crippen LogP contribution in [0.4, 0.5) is 0 Å². The highest BCUT2D eigenvalue weighted by atomic mass is 32.2. The molecule has 0 aliphatic rings. The molecule has 0 saturated heterocycles. The monoisotopic (exact) mass is 234 g/mol. The topological polar surface area (TPSA) is 97.1 Å². The van der Waals surface area contributed by atoms with E-state index in [2.05, 4.69) is 14.9 Å². The van der Waals surface area contributed by atoms with E-state index in [9.17, 15) is 8.42 Å². The van der Waals surface area contributed by atoms with E-state index in [0.717, 1.165) is 0 Å². The summed E-state index contributed by atoms with van der Waals surface area (Å²) in [7, 11) is -1.57. The zero-order chi connectivity index (χ0) is 11.3. The molecule has 0 unspecified atom stereocenters. The number of aromatic nitrogens is 3. The van der Waals surface area contributed by atoms with Crippen molar-refractivity contribution in [3.8, 4) is 0 Å². The van der Waals surface area contributed by atoms with Crippen molar-refractivity contribution in [3.63, 3.8) is 0 Å². The maximum absolute atomic E-state index is 11.1. The smallest absolute Gasteiger partial charge is 0.213 e. The molecule has 7 nitrogen and oxygen atoms in total. The van der Waals surface area contributed by atoms with Gasteiger partial charge < -0.3 is 9.67 Å². The minimum absolute atomic E-state index is 0.259. The number of hydrogen-bond donors (Lipinski definition) is 2. The lowest BCUT2D eigenvalue weighted by Gasteiger charge is -2.04. The van der Waals surface area contributed by atoms with Crippen LogP contribution in [0.1, 0.15) is 5.82 Å². The van der Waals surface area contributed by atoms with Gasteiger partial charge >= 0.3 is 0 Å². The number of nitrogens with one attached hydrogen (secondary N) is 1. The summed E-state index contributed by atoms with van der Waals surface area (Å²) in [5.74, 6) is 0.438. The quantitative estimate of drug-likeness (QED) is 0.609. The normalized spacial score (nSPS) is 11.9. The molecular weight excluding hydrogens is 220 g/mol. The molecule has 0 aliphatic carbocycles. The third-order valence-corrected chi connectivity index (χ3v) is 3.20. The van der Waals surface area contributed by atoms with Gasteiger partial charge in [-0.05, 0) is 0 Å². The second-order valence-corrected chi connectivity index (χ2v) is 4.97. The Kier molecular flexibility index (Phi) is 4.18. The first kappa shape index (κ1) is 12.1. The number of aryl methyl sites for hydroxylation is 1. The van der Waals surface area contributed by atoms with Gasteiger partial charge in [-0.1, -0.05) is 0 Å². The number of hydrogen-bond acceptors (Lipinski definition) is 5. The van der Waals surface area contributed by atoms with E-state index in [4.69, 9.17) is 5.11 Å². The Hall–Kier alpha value is -0.990. The summed E-state index contributed by atoms with van der Waals surface area (Å²) < 4.78 is 26.3. The first-order valence-electron chi connectivity index (χ1n) is 4.46. The van der Waals surface area contributed by atoms with Crippen molar-refractivity contribution < 1.29 is 13.5 Å². The summed E-state index contributed by atoms with van der Waals surface area (Å²) >= 11 is 0. The van der Waals surface area contributed by atoms with Crippen molar-refractivity contribution in [3.05, 3.63) is 12.2 Å². The number of sulfonamides is 1. The highest BCUT2D eigenvalue weighted by Gasteiger charge is 2.09. The predicted molar refractivity (Wildman–Crippen MR) is 53.6 cm³/mol. The number of aliphatic hydroxyl groups excluding tert-OH is 1. The maximum atomic E-state index is 11.1. The molecule has 1 rings (SSSR count). The summed E-state index contributed by atoms with van der Waals surface area (Å²) in [5, 5.41) is 16.0. The Morgan fingerprint density at radius 3 is 2.87 bits per heavy atom. The Morgan fingerprint density at radius 2 is 2.33 bits per heavy atom. The Balaban J connectivity index is 2.37. The minimum Gasteiger partial charge on any atom is -0.395 e. The summed E-state index contributed by atoms with van der Waals surface area (Å²) in [4.78, 5) is 0. The summed E-state index contributed by atoms with van der Waals surface area (Å²) in [6.07, 6.45) is 2.03. The molecule has 86 valence electrons. The summed E-state index contributed by atoms with van der Waals surface area (Å²) in [6.45, 7) is -0.117. The average Bonchev–Trinajstić information content (AvgIpc) is 2.51. The van der Waals surface area contributed by atoms with Crippen molar-refractivity contribution in [1.29, 1.82) is 0 Å². The van der Waals surface area contributed by atoms with E-state index < -0.39 is 10.0 Å². The lowest BCUT2D eigenvalue weighted by Crippen LogP contribution is -2.30. The van der Waals surface area contributed by atoms with E-state index in [1.165, 1.54) is 0 Å². The van der Waals surface area contributed by atoms with Gasteiger partial charge in [-0.3, -0.25) is 0 Å². The van der Waals surface area contributed by atoms with Crippen LogP contribution in [0.15, 0.2) is 6.33 Å². The van der Waals surface area contributed by atoms with Gasteiger partial charge in [0.1, 0.15) is 12.2 Å². The van der Waals surface area contributed by atoms with E-state index in [-0.39, 0.29) is 18.9 Å². The van der Waals surface area contributed by atoms with Gasteiger partial charge in [0, 0.05) is 20.0 Å². The van der Waals surface area contributed by atoms with Crippen LogP contribution in [-0.2, 0) is 23.5 Å². The van der Waals surface area contributed by atoms with Gasteiger partial charge in [0.2, 0.25) is 10.0 Å². The first-order valence-corrected chi connectivity index (χ1v) is 6.11. The van der Waals surface area contributed by atoms with Gasteiger partial charge in [-0.25, -0.2) is 13.1 Å². The molecule has 15 heavy (non-hydrogen) atoms. The number of rotatable bonds is 6. The molecule has 0 saturated carbocycles. The van der Waals surface area contributed by atoms with Crippen LogP contribution in [0.2, 0.25) is 0 Å². The van der Waals surface area contributed by atoms with Crippen molar-refractivity contribution in [1.82, 2.24) is 19.5 Å². The fraction of sp³-hybridized carbons (Fsp3) is 0.714. The third-order valence-electron chi connectivity index (χ3n) is 1.84. The van der Waals surface area contributed by atoms with Crippen LogP contribution in [0.25, 0.3) is 0 Å². The van der Waals surface area contributed by atoms with Crippen molar-refractivity contribution in [2.24, 2.45) is 7.05 Å². The molecule has 0 fully saturated rings. The van der Waals surface area contributed by atoms with Crippen LogP contribution < -0.4 is 4.72 Å². The van der Waals surface area contributed by atoms with E-state index >= 15 is 0 Å². The minimum atomic E-state index is -3.36. The molecule has 2 N–H and O–H groups in total. The highest BCUT2D eigenvalue weighted by molar-refractivity contribution is 7.89. The largest absolute Gasteiger partial charge is 0.395 e. The Bertz CT molecular complexity index is 400. The standard InChI is InChI=1S/C7H14N4O3S/c1-11-6-8-10-7(11)2-3-9-15(13,14)5-4-12/h6,9,12H,2-5H2,1H3. The Labute approximate surface area is 88.2 Å². The number of nitrogens with zero attached hydrogens (tertiary/aromatic N) is 3. The predicted octanol–water partition coefficient (Wildman–Crippen LogP) is -1.73. The van der Waals surface area contributed by atoms with Gasteiger partial charge in [-0.15, -0.1) is 10.2 Å². The SMILES string of the molecule is Cn1cnnc1CCNS(=O)(=O)CCO. The lowest BCUT2D eigenvalue weighted by atomic mass is 10.4. The molecule has 0 bridgehead atoms. The van der Waals surface area contributed by atoms with Gasteiger partial charge in [-0.2, -0.15) is 0 Å². The molecule has 1 heterocycles. The fourth-order valence-corrected chi connectivity index (χ4v) is 1.84. The van der Waals surface area contributed by atoms with Crippen molar-refractivity contribution in [2.45, 2.75) is 6.42 Å². The first-order chi connectivity index (χ1) is 7.05. The second kappa shape index (κ2) is 5.19. The highest BCUT2D eigenvalue weighted by Crippen LogP contribution is 1.92. The fourth-order valence-electron chi connectivity index (χ4n) is 1.04. The maximum Gasteiger partial charge on any atom is 0.213 e. The average molecular weight is 234 g/mol. The van der Waals surface area contributed by atoms with Crippen LogP contribution >= 0.6 is 0 Å². The Morgan fingerprint density at radius 1 is 1.60 bits per heavy atom. The van der Waals surface area contributed by atoms with E-state index in [1.807, 2.05) is 0 Å². The molecule has 8 heteroatoms. The van der Waals surface area contributed by atoms with E-state index in [1.54, 1.807) is 17.9 Å². The van der Waals surface area contributed by atoms with Crippen LogP contribution in [0.3, 0.4) is 0 Å². The zero-order valence-electron chi connectivity index (χ0n) is 8.42. The van der Waals surface area contributed by atoms with Gasteiger partial charge in [0.25, 0.3) is 0 Å². The number of aliphatic hydroxyl groups is 1. The molecule has 0 radical (unpaired) electrons. The molecular formula is C7H14N4O3S. The summed E-state index contributed by atoms with van der Waals surface area (Å²) in [6, 6.07) is 0. The van der Waals surface area contributed by atoms with Crippen molar-refractivity contribution in [2.75, 3.05) is 18.9 Å². The second-order valence-electron chi connectivity index (χ2n) is 3.04. The summed E-state index contributed by atoms with van der Waals surface area (Å²) in [5.41, 5.74) is 0. The van der Waals surface area contributed by atoms with Gasteiger partial charge in [0.05, 0.1) is 12.4 Å². The third kappa shape index (κ3) is 3.94. The van der Waals surface area contributed by atoms with E-state index in [0.29, 0.717) is 12.2 Å².